The molecule has 0 radical (unpaired) electrons. The van der Waals surface area contributed by atoms with Crippen molar-refractivity contribution >= 4 is 18.2 Å². The molecule has 6 rings (SSSR count). The van der Waals surface area contributed by atoms with E-state index in [9.17, 15) is 19.5 Å². The van der Waals surface area contributed by atoms with Crippen molar-refractivity contribution in [1.82, 2.24) is 10.6 Å². The van der Waals surface area contributed by atoms with E-state index < -0.39 is 30.6 Å². The van der Waals surface area contributed by atoms with Gasteiger partial charge >= 0.3 is 18.2 Å². The molecule has 2 aliphatic rings. The zero-order valence-electron chi connectivity index (χ0n) is 22.8. The topological polar surface area (TPSA) is 114 Å². The zero-order valence-corrected chi connectivity index (χ0v) is 22.8. The summed E-state index contributed by atoms with van der Waals surface area (Å²) in [6.07, 6.45) is -1.84. The lowest BCUT2D eigenvalue weighted by Gasteiger charge is -2.20. The number of rotatable bonds is 9. The summed E-state index contributed by atoms with van der Waals surface area (Å²) in [5.41, 5.74) is 8.79. The highest BCUT2D eigenvalue weighted by atomic mass is 16.6. The molecule has 0 saturated carbocycles. The molecule has 2 aliphatic carbocycles. The molecule has 0 bridgehead atoms. The predicted molar refractivity (Wildman–Crippen MR) is 157 cm³/mol. The Morgan fingerprint density at radius 3 is 1.40 bits per heavy atom. The average molecular weight is 563 g/mol. The fourth-order valence-electron chi connectivity index (χ4n) is 6.05. The van der Waals surface area contributed by atoms with Crippen LogP contribution in [0.1, 0.15) is 40.5 Å². The lowest BCUT2D eigenvalue weighted by molar-refractivity contribution is -0.137. The SMILES string of the molecule is O=C(O)CC(CNC(=O)OCC1c2ccccc2-c2ccccc21)NC(=O)OCC1c2ccccc2-c2ccccc21. The van der Waals surface area contributed by atoms with Crippen LogP contribution in [0.15, 0.2) is 97.1 Å². The summed E-state index contributed by atoms with van der Waals surface area (Å²) < 4.78 is 11.1. The van der Waals surface area contributed by atoms with Gasteiger partial charge in [0.15, 0.2) is 0 Å². The van der Waals surface area contributed by atoms with Crippen LogP contribution < -0.4 is 10.6 Å². The summed E-state index contributed by atoms with van der Waals surface area (Å²) in [4.78, 5) is 36.8. The molecule has 0 saturated heterocycles. The van der Waals surface area contributed by atoms with Gasteiger partial charge in [-0.05, 0) is 44.5 Å². The second-order valence-electron chi connectivity index (χ2n) is 10.5. The highest BCUT2D eigenvalue weighted by Gasteiger charge is 2.31. The van der Waals surface area contributed by atoms with Crippen molar-refractivity contribution in [3.8, 4) is 22.3 Å². The van der Waals surface area contributed by atoms with Crippen molar-refractivity contribution in [2.75, 3.05) is 19.8 Å². The average Bonchev–Trinajstić information content (AvgIpc) is 3.50. The van der Waals surface area contributed by atoms with Crippen LogP contribution in [0, 0.1) is 0 Å². The Labute approximate surface area is 243 Å². The molecular formula is C34H30N2O6. The number of fused-ring (bicyclic) bond motifs is 6. The number of hydrogen-bond donors (Lipinski definition) is 3. The van der Waals surface area contributed by atoms with Gasteiger partial charge in [0.1, 0.15) is 13.2 Å². The van der Waals surface area contributed by atoms with Crippen LogP contribution in [0.2, 0.25) is 0 Å². The number of carbonyl (C=O) groups is 3. The van der Waals surface area contributed by atoms with E-state index in [2.05, 4.69) is 22.8 Å². The third kappa shape index (κ3) is 5.43. The van der Waals surface area contributed by atoms with Crippen molar-refractivity contribution in [2.24, 2.45) is 0 Å². The van der Waals surface area contributed by atoms with Crippen molar-refractivity contribution < 1.29 is 29.0 Å². The molecule has 0 aromatic heterocycles. The standard InChI is InChI=1S/C34H30N2O6/c37-32(38)17-21(36-34(40)42-20-31-28-15-7-3-11-24(28)25-12-4-8-16-29(25)31)18-35-33(39)41-19-30-26-13-5-1-9-22(26)23-10-2-6-14-27(23)30/h1-16,21,30-31H,17-20H2,(H,35,39)(H,36,40)(H,37,38). The van der Waals surface area contributed by atoms with Crippen LogP contribution >= 0.6 is 0 Å². The van der Waals surface area contributed by atoms with Gasteiger partial charge in [0, 0.05) is 18.4 Å². The minimum Gasteiger partial charge on any atom is -0.481 e. The lowest BCUT2D eigenvalue weighted by atomic mass is 9.98. The summed E-state index contributed by atoms with van der Waals surface area (Å²) >= 11 is 0. The molecule has 1 atom stereocenters. The summed E-state index contributed by atoms with van der Waals surface area (Å²) in [5.74, 6) is -1.34. The van der Waals surface area contributed by atoms with Crippen molar-refractivity contribution in [3.05, 3.63) is 119 Å². The first-order valence-electron chi connectivity index (χ1n) is 13.9. The minimum atomic E-state index is -1.12. The summed E-state index contributed by atoms with van der Waals surface area (Å²) in [6.45, 7) is 0.0931. The fraction of sp³-hybridized carbons (Fsp3) is 0.206. The largest absolute Gasteiger partial charge is 0.481 e. The predicted octanol–water partition coefficient (Wildman–Crippen LogP) is 5.91. The molecule has 212 valence electrons. The Kier molecular flexibility index (Phi) is 7.60. The van der Waals surface area contributed by atoms with Gasteiger partial charge < -0.3 is 25.2 Å². The number of amides is 2. The third-order valence-electron chi connectivity index (χ3n) is 7.92. The molecule has 0 spiro atoms. The quantitative estimate of drug-likeness (QED) is 0.234. The molecule has 4 aromatic rings. The molecule has 3 N–H and O–H groups in total. The number of aliphatic carboxylic acids is 1. The Bertz CT molecular complexity index is 1560. The van der Waals surface area contributed by atoms with Gasteiger partial charge in [-0.25, -0.2) is 9.59 Å². The molecule has 8 heteroatoms. The van der Waals surface area contributed by atoms with Gasteiger partial charge in [-0.3, -0.25) is 4.79 Å². The smallest absolute Gasteiger partial charge is 0.407 e. The van der Waals surface area contributed by atoms with Gasteiger partial charge in [0.05, 0.1) is 12.5 Å². The lowest BCUT2D eigenvalue weighted by Crippen LogP contribution is -2.45. The van der Waals surface area contributed by atoms with Gasteiger partial charge in [-0.1, -0.05) is 97.1 Å². The number of benzene rings is 4. The number of hydrogen-bond acceptors (Lipinski definition) is 5. The van der Waals surface area contributed by atoms with Crippen LogP contribution in [0.25, 0.3) is 22.3 Å². The molecule has 0 aliphatic heterocycles. The van der Waals surface area contributed by atoms with E-state index in [0.29, 0.717) is 0 Å². The second kappa shape index (κ2) is 11.8. The molecule has 42 heavy (non-hydrogen) atoms. The van der Waals surface area contributed by atoms with Gasteiger partial charge in [-0.15, -0.1) is 0 Å². The molecule has 0 heterocycles. The van der Waals surface area contributed by atoms with Crippen LogP contribution in [-0.4, -0.2) is 49.1 Å². The van der Waals surface area contributed by atoms with E-state index in [-0.39, 0.29) is 31.6 Å². The number of carboxylic acid groups (broad SMARTS) is 1. The number of carbonyl (C=O) groups excluding carboxylic acids is 2. The number of nitrogens with one attached hydrogen (secondary N) is 2. The Hall–Kier alpha value is -5.11. The molecular weight excluding hydrogens is 532 g/mol. The normalized spacial score (nSPS) is 13.7. The number of ether oxygens (including phenoxy) is 2. The summed E-state index contributed by atoms with van der Waals surface area (Å²) in [7, 11) is 0. The summed E-state index contributed by atoms with van der Waals surface area (Å²) in [6, 6.07) is 31.2. The Morgan fingerprint density at radius 2 is 1.00 bits per heavy atom. The monoisotopic (exact) mass is 562 g/mol. The fourth-order valence-corrected chi connectivity index (χ4v) is 6.05. The third-order valence-corrected chi connectivity index (χ3v) is 7.92. The molecule has 2 amide bonds. The zero-order chi connectivity index (χ0) is 29.1. The van der Waals surface area contributed by atoms with Crippen LogP contribution in [0.4, 0.5) is 9.59 Å². The van der Waals surface area contributed by atoms with Gasteiger partial charge in [0.2, 0.25) is 0 Å². The maximum Gasteiger partial charge on any atom is 0.407 e. The van der Waals surface area contributed by atoms with Crippen molar-refractivity contribution in [2.45, 2.75) is 24.3 Å². The number of carboxylic acids is 1. The van der Waals surface area contributed by atoms with Crippen LogP contribution in [-0.2, 0) is 14.3 Å². The Morgan fingerprint density at radius 1 is 0.619 bits per heavy atom. The summed E-state index contributed by atoms with van der Waals surface area (Å²) in [5, 5.41) is 14.6. The molecule has 0 fully saturated rings. The van der Waals surface area contributed by atoms with Crippen LogP contribution in [0.3, 0.4) is 0 Å². The number of alkyl carbamates (subject to hydrolysis) is 2. The second-order valence-corrected chi connectivity index (χ2v) is 10.5. The highest BCUT2D eigenvalue weighted by Crippen LogP contribution is 2.45. The van der Waals surface area contributed by atoms with Gasteiger partial charge in [0.25, 0.3) is 0 Å². The van der Waals surface area contributed by atoms with Crippen molar-refractivity contribution in [3.63, 3.8) is 0 Å². The van der Waals surface area contributed by atoms with E-state index in [1.165, 1.54) is 0 Å². The van der Waals surface area contributed by atoms with Crippen LogP contribution in [0.5, 0.6) is 0 Å². The first-order valence-corrected chi connectivity index (χ1v) is 13.9. The van der Waals surface area contributed by atoms with E-state index in [0.717, 1.165) is 44.5 Å². The first-order chi connectivity index (χ1) is 20.5. The maximum absolute atomic E-state index is 12.7. The van der Waals surface area contributed by atoms with E-state index in [1.54, 1.807) is 0 Å². The Balaban J connectivity index is 1.03. The van der Waals surface area contributed by atoms with Gasteiger partial charge in [-0.2, -0.15) is 0 Å². The highest BCUT2D eigenvalue weighted by molar-refractivity contribution is 5.80. The van der Waals surface area contributed by atoms with E-state index in [1.807, 2.05) is 84.9 Å². The molecule has 1 unspecified atom stereocenters. The van der Waals surface area contributed by atoms with E-state index in [4.69, 9.17) is 9.47 Å². The molecule has 4 aromatic carbocycles. The van der Waals surface area contributed by atoms with E-state index >= 15 is 0 Å². The minimum absolute atomic E-state index is 0.0967. The first kappa shape index (κ1) is 27.1. The molecule has 8 nitrogen and oxygen atoms in total. The van der Waals surface area contributed by atoms with Crippen molar-refractivity contribution in [1.29, 1.82) is 0 Å². The maximum atomic E-state index is 12.7.